The van der Waals surface area contributed by atoms with Crippen LogP contribution in [0.3, 0.4) is 0 Å². The van der Waals surface area contributed by atoms with E-state index in [4.69, 9.17) is 28.4 Å². The Bertz CT molecular complexity index is 1290. The number of aliphatic hydroxyl groups excluding tert-OH is 1. The highest BCUT2D eigenvalue weighted by Gasteiger charge is 2.56. The zero-order valence-electron chi connectivity index (χ0n) is 29.5. The second-order valence-corrected chi connectivity index (χ2v) is 14.4. The van der Waals surface area contributed by atoms with Crippen molar-refractivity contribution in [3.63, 3.8) is 0 Å². The molecule has 0 saturated carbocycles. The topological polar surface area (TPSA) is 113 Å². The van der Waals surface area contributed by atoms with Gasteiger partial charge in [0.25, 0.3) is 5.79 Å². The van der Waals surface area contributed by atoms with E-state index in [2.05, 4.69) is 13.8 Å². The number of unbranched alkanes of at least 4 members (excludes halogenated alkanes) is 3. The van der Waals surface area contributed by atoms with Crippen LogP contribution in [0.4, 0.5) is 4.79 Å². The van der Waals surface area contributed by atoms with Gasteiger partial charge in [-0.2, -0.15) is 0 Å². The van der Waals surface area contributed by atoms with Gasteiger partial charge in [-0.1, -0.05) is 101 Å². The predicted molar refractivity (Wildman–Crippen MR) is 181 cm³/mol. The summed E-state index contributed by atoms with van der Waals surface area (Å²) in [4.78, 5) is 28.0. The number of amides is 1. The number of rotatable bonds is 16. The Morgan fingerprint density at radius 2 is 1.60 bits per heavy atom. The number of hydrogen-bond donors (Lipinski definition) is 1. The molecule has 266 valence electrons. The molecule has 10 nitrogen and oxygen atoms in total. The molecule has 2 aromatic carbocycles. The van der Waals surface area contributed by atoms with Crippen LogP contribution in [0, 0.1) is 11.3 Å². The van der Waals surface area contributed by atoms with Crippen LogP contribution in [-0.2, 0) is 46.4 Å². The van der Waals surface area contributed by atoms with Gasteiger partial charge < -0.3 is 38.4 Å². The standard InChI is InChI=1S/C38H55NO9/c1-28-23-38(34(41)43-6,48-33(32(28)40)31-26-45-37(4,5)47-31)46-27-36(2,3)21-15-7-8-16-22-39(24-29-17-11-9-12-18-29)35(42)44-25-30-19-13-10-14-20-30/h9-14,17-20,28,31-33,40H,7-8,15-16,21-27H2,1-6H3/t28-,31-,32-,33?,38-/m1/s1. The molecule has 1 unspecified atom stereocenters. The van der Waals surface area contributed by atoms with Gasteiger partial charge in [-0.3, -0.25) is 0 Å². The second kappa shape index (κ2) is 17.1. The fourth-order valence-electron chi connectivity index (χ4n) is 6.31. The van der Waals surface area contributed by atoms with Crippen molar-refractivity contribution in [2.75, 3.05) is 26.9 Å². The third-order valence-corrected chi connectivity index (χ3v) is 9.14. The summed E-state index contributed by atoms with van der Waals surface area (Å²) in [5, 5.41) is 11.0. The first-order valence-electron chi connectivity index (χ1n) is 17.2. The summed E-state index contributed by atoms with van der Waals surface area (Å²) < 4.78 is 35.1. The van der Waals surface area contributed by atoms with Gasteiger partial charge >= 0.3 is 12.1 Å². The second-order valence-electron chi connectivity index (χ2n) is 14.4. The molecule has 0 bridgehead atoms. The van der Waals surface area contributed by atoms with Crippen molar-refractivity contribution in [2.45, 2.75) is 116 Å². The maximum Gasteiger partial charge on any atom is 0.410 e. The third kappa shape index (κ3) is 10.7. The number of aliphatic hydroxyl groups is 1. The minimum absolute atomic E-state index is 0.164. The van der Waals surface area contributed by atoms with Gasteiger partial charge in [0, 0.05) is 19.5 Å². The molecule has 1 amide bonds. The van der Waals surface area contributed by atoms with Crippen molar-refractivity contribution in [3.8, 4) is 0 Å². The van der Waals surface area contributed by atoms with Crippen molar-refractivity contribution in [3.05, 3.63) is 71.8 Å². The van der Waals surface area contributed by atoms with Crippen LogP contribution in [0.5, 0.6) is 0 Å². The Kier molecular flexibility index (Phi) is 13.4. The molecule has 2 fully saturated rings. The molecule has 48 heavy (non-hydrogen) atoms. The molecule has 2 aliphatic rings. The van der Waals surface area contributed by atoms with Crippen LogP contribution in [-0.4, -0.2) is 78.8 Å². The van der Waals surface area contributed by atoms with E-state index in [0.29, 0.717) is 13.1 Å². The lowest BCUT2D eigenvalue weighted by atomic mass is 9.85. The molecule has 10 heteroatoms. The fourth-order valence-corrected chi connectivity index (χ4v) is 6.31. The number of benzene rings is 2. The zero-order chi connectivity index (χ0) is 34.8. The van der Waals surface area contributed by atoms with E-state index in [1.165, 1.54) is 7.11 Å². The van der Waals surface area contributed by atoms with E-state index in [1.54, 1.807) is 18.7 Å². The normalized spacial score (nSPS) is 25.4. The Balaban J connectivity index is 1.26. The molecule has 0 spiro atoms. The lowest BCUT2D eigenvalue weighted by molar-refractivity contribution is -0.323. The molecule has 1 N–H and O–H groups in total. The third-order valence-electron chi connectivity index (χ3n) is 9.14. The van der Waals surface area contributed by atoms with Gasteiger partial charge in [0.05, 0.1) is 26.4 Å². The average molecular weight is 670 g/mol. The number of carbonyl (C=O) groups excluding carboxylic acids is 2. The molecule has 0 aliphatic carbocycles. The van der Waals surface area contributed by atoms with Crippen molar-refractivity contribution in [2.24, 2.45) is 11.3 Å². The van der Waals surface area contributed by atoms with Crippen molar-refractivity contribution < 1.29 is 43.1 Å². The summed E-state index contributed by atoms with van der Waals surface area (Å²) in [5.41, 5.74) is 1.76. The number of carbonyl (C=O) groups is 2. The Morgan fingerprint density at radius 3 is 2.23 bits per heavy atom. The molecule has 0 aromatic heterocycles. The highest BCUT2D eigenvalue weighted by atomic mass is 16.8. The quantitative estimate of drug-likeness (QED) is 0.156. The number of esters is 1. The van der Waals surface area contributed by atoms with Crippen molar-refractivity contribution in [1.29, 1.82) is 0 Å². The first-order chi connectivity index (χ1) is 22.8. The summed E-state index contributed by atoms with van der Waals surface area (Å²) in [6.07, 6.45) is 2.27. The van der Waals surface area contributed by atoms with E-state index >= 15 is 0 Å². The predicted octanol–water partition coefficient (Wildman–Crippen LogP) is 6.63. The lowest BCUT2D eigenvalue weighted by Crippen LogP contribution is -2.61. The smallest absolute Gasteiger partial charge is 0.410 e. The van der Waals surface area contributed by atoms with Gasteiger partial charge in [-0.05, 0) is 49.1 Å². The van der Waals surface area contributed by atoms with E-state index in [0.717, 1.165) is 43.2 Å². The molecule has 4 rings (SSSR count). The summed E-state index contributed by atoms with van der Waals surface area (Å²) >= 11 is 0. The van der Waals surface area contributed by atoms with Gasteiger partial charge in [0.2, 0.25) is 0 Å². The molecule has 0 radical (unpaired) electrons. The highest BCUT2D eigenvalue weighted by molar-refractivity contribution is 5.78. The minimum Gasteiger partial charge on any atom is -0.465 e. The lowest BCUT2D eigenvalue weighted by Gasteiger charge is -2.46. The largest absolute Gasteiger partial charge is 0.465 e. The van der Waals surface area contributed by atoms with Crippen LogP contribution >= 0.6 is 0 Å². The van der Waals surface area contributed by atoms with Gasteiger partial charge in [0.15, 0.2) is 5.79 Å². The van der Waals surface area contributed by atoms with E-state index < -0.39 is 35.9 Å². The molecule has 2 heterocycles. The molecule has 5 atom stereocenters. The van der Waals surface area contributed by atoms with Crippen LogP contribution in [0.15, 0.2) is 60.7 Å². The molecular weight excluding hydrogens is 614 g/mol. The molecule has 2 aliphatic heterocycles. The maximum atomic E-state index is 13.1. The summed E-state index contributed by atoms with van der Waals surface area (Å²) in [6, 6.07) is 19.7. The van der Waals surface area contributed by atoms with Crippen LogP contribution in [0.1, 0.15) is 84.3 Å². The fraction of sp³-hybridized carbons (Fsp3) is 0.632. The van der Waals surface area contributed by atoms with Gasteiger partial charge in [-0.25, -0.2) is 9.59 Å². The Labute approximate surface area is 286 Å². The number of nitrogens with zero attached hydrogens (tertiary/aromatic N) is 1. The monoisotopic (exact) mass is 669 g/mol. The highest BCUT2D eigenvalue weighted by Crippen LogP contribution is 2.40. The number of hydrogen-bond acceptors (Lipinski definition) is 9. The number of ether oxygens (including phenoxy) is 6. The average Bonchev–Trinajstić information content (AvgIpc) is 3.44. The van der Waals surface area contributed by atoms with Gasteiger partial charge in [0.1, 0.15) is 18.8 Å². The maximum absolute atomic E-state index is 13.1. The summed E-state index contributed by atoms with van der Waals surface area (Å²) in [5.74, 6) is -3.38. The van der Waals surface area contributed by atoms with Crippen molar-refractivity contribution in [1.82, 2.24) is 4.90 Å². The van der Waals surface area contributed by atoms with Gasteiger partial charge in [-0.15, -0.1) is 0 Å². The summed E-state index contributed by atoms with van der Waals surface area (Å²) in [7, 11) is 1.31. The minimum atomic E-state index is -1.65. The first kappa shape index (κ1) is 37.8. The molecule has 2 aromatic rings. The Morgan fingerprint density at radius 1 is 0.958 bits per heavy atom. The van der Waals surface area contributed by atoms with Crippen LogP contribution in [0.2, 0.25) is 0 Å². The zero-order valence-corrected chi connectivity index (χ0v) is 29.5. The molecular formula is C38H55NO9. The SMILES string of the molecule is COC(=O)[C@@]1(OCC(C)(C)CCCCCCN(Cc2ccccc2)C(=O)OCc2ccccc2)C[C@@H](C)[C@@H](O)C([C@H]2COC(C)(C)O2)O1. The first-order valence-corrected chi connectivity index (χ1v) is 17.2. The van der Waals surface area contributed by atoms with E-state index in [1.807, 2.05) is 67.6 Å². The van der Waals surface area contributed by atoms with E-state index in [-0.39, 0.29) is 43.7 Å². The summed E-state index contributed by atoms with van der Waals surface area (Å²) in [6.45, 7) is 11.5. The Hall–Kier alpha value is -3.02. The van der Waals surface area contributed by atoms with Crippen LogP contribution in [0.25, 0.3) is 0 Å². The van der Waals surface area contributed by atoms with E-state index in [9.17, 15) is 14.7 Å². The number of methoxy groups -OCH3 is 1. The van der Waals surface area contributed by atoms with Crippen LogP contribution < -0.4 is 0 Å². The van der Waals surface area contributed by atoms with Crippen molar-refractivity contribution >= 4 is 12.1 Å². The molecule has 2 saturated heterocycles.